The molecule has 0 radical (unpaired) electrons. The van der Waals surface area contributed by atoms with Gasteiger partial charge in [0.15, 0.2) is 0 Å². The maximum atomic E-state index is 5.77. The van der Waals surface area contributed by atoms with Crippen LogP contribution in [0.25, 0.3) is 0 Å². The molecule has 0 aliphatic heterocycles. The third-order valence-corrected chi connectivity index (χ3v) is 3.99. The Morgan fingerprint density at radius 3 is 2.88 bits per heavy atom. The van der Waals surface area contributed by atoms with Crippen molar-refractivity contribution in [1.29, 1.82) is 0 Å². The van der Waals surface area contributed by atoms with Crippen molar-refractivity contribution in [2.45, 2.75) is 23.4 Å². The molecule has 4 heteroatoms. The second-order valence-electron chi connectivity index (χ2n) is 3.68. The van der Waals surface area contributed by atoms with Crippen LogP contribution in [-0.4, -0.2) is 4.98 Å². The van der Waals surface area contributed by atoms with Gasteiger partial charge >= 0.3 is 0 Å². The van der Waals surface area contributed by atoms with Crippen molar-refractivity contribution in [1.82, 2.24) is 4.98 Å². The lowest BCUT2D eigenvalue weighted by Crippen LogP contribution is -2.02. The molecule has 0 fully saturated rings. The summed E-state index contributed by atoms with van der Waals surface area (Å²) in [5, 5.41) is 0.991. The van der Waals surface area contributed by atoms with E-state index in [1.54, 1.807) is 11.8 Å². The van der Waals surface area contributed by atoms with Crippen molar-refractivity contribution in [3.05, 3.63) is 52.1 Å². The SMILES string of the molecule is Cc1ccnc(Sc2cccc(Br)c2)c1CN. The monoisotopic (exact) mass is 308 g/mol. The van der Waals surface area contributed by atoms with Crippen LogP contribution >= 0.6 is 27.7 Å². The highest BCUT2D eigenvalue weighted by atomic mass is 79.9. The molecule has 0 saturated heterocycles. The average molecular weight is 309 g/mol. The van der Waals surface area contributed by atoms with Gasteiger partial charge in [-0.25, -0.2) is 4.98 Å². The minimum absolute atomic E-state index is 0.524. The number of hydrogen-bond acceptors (Lipinski definition) is 3. The van der Waals surface area contributed by atoms with Crippen LogP contribution in [0.4, 0.5) is 0 Å². The van der Waals surface area contributed by atoms with Crippen LogP contribution in [0.5, 0.6) is 0 Å². The van der Waals surface area contributed by atoms with Gasteiger partial charge in [0.05, 0.1) is 0 Å². The first-order valence-corrected chi connectivity index (χ1v) is 6.89. The fourth-order valence-corrected chi connectivity index (χ4v) is 3.13. The topological polar surface area (TPSA) is 38.9 Å². The number of nitrogens with zero attached hydrogens (tertiary/aromatic N) is 1. The van der Waals surface area contributed by atoms with Crippen LogP contribution in [-0.2, 0) is 6.54 Å². The van der Waals surface area contributed by atoms with E-state index in [0.717, 1.165) is 20.0 Å². The molecule has 88 valence electrons. The van der Waals surface area contributed by atoms with Gasteiger partial charge in [0.2, 0.25) is 0 Å². The summed E-state index contributed by atoms with van der Waals surface area (Å²) in [6, 6.07) is 10.2. The van der Waals surface area contributed by atoms with Gasteiger partial charge in [0.25, 0.3) is 0 Å². The van der Waals surface area contributed by atoms with Crippen molar-refractivity contribution >= 4 is 27.7 Å². The van der Waals surface area contributed by atoms with E-state index in [1.165, 1.54) is 5.56 Å². The van der Waals surface area contributed by atoms with Crippen LogP contribution in [0.2, 0.25) is 0 Å². The number of nitrogens with two attached hydrogens (primary N) is 1. The lowest BCUT2D eigenvalue weighted by molar-refractivity contribution is 0.943. The number of rotatable bonds is 3. The van der Waals surface area contributed by atoms with Gasteiger partial charge in [-0.1, -0.05) is 33.8 Å². The Morgan fingerprint density at radius 2 is 2.18 bits per heavy atom. The summed E-state index contributed by atoms with van der Waals surface area (Å²) in [5.74, 6) is 0. The predicted molar refractivity (Wildman–Crippen MR) is 75.1 cm³/mol. The molecule has 1 aromatic carbocycles. The fourth-order valence-electron chi connectivity index (χ4n) is 1.54. The van der Waals surface area contributed by atoms with Crippen molar-refractivity contribution in [2.75, 3.05) is 0 Å². The van der Waals surface area contributed by atoms with Gasteiger partial charge in [-0.15, -0.1) is 0 Å². The summed E-state index contributed by atoms with van der Waals surface area (Å²) < 4.78 is 1.07. The number of pyridine rings is 1. The van der Waals surface area contributed by atoms with Gasteiger partial charge in [-0.2, -0.15) is 0 Å². The van der Waals surface area contributed by atoms with Gasteiger partial charge in [-0.3, -0.25) is 0 Å². The largest absolute Gasteiger partial charge is 0.326 e. The molecular weight excluding hydrogens is 296 g/mol. The van der Waals surface area contributed by atoms with Crippen LogP contribution in [0.15, 0.2) is 50.9 Å². The highest BCUT2D eigenvalue weighted by Gasteiger charge is 2.07. The molecular formula is C13H13BrN2S. The smallest absolute Gasteiger partial charge is 0.105 e. The molecule has 0 amide bonds. The summed E-state index contributed by atoms with van der Waals surface area (Å²) >= 11 is 5.11. The van der Waals surface area contributed by atoms with Gasteiger partial charge in [0, 0.05) is 27.7 Å². The molecule has 2 N–H and O–H groups in total. The van der Waals surface area contributed by atoms with Crippen molar-refractivity contribution < 1.29 is 0 Å². The third kappa shape index (κ3) is 3.09. The average Bonchev–Trinajstić information content (AvgIpc) is 2.29. The second kappa shape index (κ2) is 5.67. The first-order chi connectivity index (χ1) is 8.20. The predicted octanol–water partition coefficient (Wildman–Crippen LogP) is 3.76. The molecule has 0 unspecified atom stereocenters. The molecule has 1 heterocycles. The van der Waals surface area contributed by atoms with Crippen LogP contribution < -0.4 is 5.73 Å². The summed E-state index contributed by atoms with van der Waals surface area (Å²) in [4.78, 5) is 5.56. The lowest BCUT2D eigenvalue weighted by atomic mass is 10.2. The van der Waals surface area contributed by atoms with Crippen molar-refractivity contribution in [2.24, 2.45) is 5.73 Å². The zero-order chi connectivity index (χ0) is 12.3. The first kappa shape index (κ1) is 12.6. The first-order valence-electron chi connectivity index (χ1n) is 5.28. The van der Waals surface area contributed by atoms with Crippen LogP contribution in [0.1, 0.15) is 11.1 Å². The van der Waals surface area contributed by atoms with E-state index < -0.39 is 0 Å². The van der Waals surface area contributed by atoms with E-state index in [4.69, 9.17) is 5.73 Å². The number of aromatic nitrogens is 1. The van der Waals surface area contributed by atoms with Gasteiger partial charge < -0.3 is 5.73 Å². The summed E-state index contributed by atoms with van der Waals surface area (Å²) in [7, 11) is 0. The second-order valence-corrected chi connectivity index (χ2v) is 5.65. The van der Waals surface area contributed by atoms with E-state index in [0.29, 0.717) is 6.54 Å². The molecule has 0 bridgehead atoms. The molecule has 0 aliphatic carbocycles. The lowest BCUT2D eigenvalue weighted by Gasteiger charge is -2.09. The number of halogens is 1. The normalized spacial score (nSPS) is 10.5. The summed E-state index contributed by atoms with van der Waals surface area (Å²) in [6.45, 7) is 2.59. The minimum Gasteiger partial charge on any atom is -0.326 e. The molecule has 2 aromatic rings. The Bertz CT molecular complexity index is 529. The molecule has 17 heavy (non-hydrogen) atoms. The zero-order valence-electron chi connectivity index (χ0n) is 9.48. The van der Waals surface area contributed by atoms with Crippen LogP contribution in [0, 0.1) is 6.92 Å². The number of hydrogen-bond donors (Lipinski definition) is 1. The quantitative estimate of drug-likeness (QED) is 0.938. The maximum absolute atomic E-state index is 5.77. The number of aryl methyl sites for hydroxylation is 1. The highest BCUT2D eigenvalue weighted by molar-refractivity contribution is 9.10. The third-order valence-electron chi connectivity index (χ3n) is 2.47. The highest BCUT2D eigenvalue weighted by Crippen LogP contribution is 2.31. The van der Waals surface area contributed by atoms with E-state index in [1.807, 2.05) is 24.4 Å². The maximum Gasteiger partial charge on any atom is 0.105 e. The van der Waals surface area contributed by atoms with Gasteiger partial charge in [-0.05, 0) is 36.8 Å². The van der Waals surface area contributed by atoms with E-state index in [2.05, 4.69) is 40.0 Å². The van der Waals surface area contributed by atoms with E-state index in [9.17, 15) is 0 Å². The standard InChI is InChI=1S/C13H13BrN2S/c1-9-5-6-16-13(12(9)8-15)17-11-4-2-3-10(14)7-11/h2-7H,8,15H2,1H3. The number of benzene rings is 1. The molecule has 0 saturated carbocycles. The fraction of sp³-hybridized carbons (Fsp3) is 0.154. The Labute approximate surface area is 114 Å². The Morgan fingerprint density at radius 1 is 1.35 bits per heavy atom. The molecule has 0 spiro atoms. The minimum atomic E-state index is 0.524. The summed E-state index contributed by atoms with van der Waals surface area (Å²) in [5.41, 5.74) is 8.09. The Kier molecular flexibility index (Phi) is 4.20. The molecule has 0 aliphatic rings. The van der Waals surface area contributed by atoms with Crippen molar-refractivity contribution in [3.63, 3.8) is 0 Å². The molecule has 2 rings (SSSR count). The molecule has 1 aromatic heterocycles. The van der Waals surface area contributed by atoms with E-state index in [-0.39, 0.29) is 0 Å². The Balaban J connectivity index is 2.33. The molecule has 2 nitrogen and oxygen atoms in total. The van der Waals surface area contributed by atoms with E-state index >= 15 is 0 Å². The van der Waals surface area contributed by atoms with Crippen molar-refractivity contribution in [3.8, 4) is 0 Å². The zero-order valence-corrected chi connectivity index (χ0v) is 11.9. The Hall–Kier alpha value is -0.840. The van der Waals surface area contributed by atoms with Crippen LogP contribution in [0.3, 0.4) is 0 Å². The molecule has 0 atom stereocenters. The van der Waals surface area contributed by atoms with Gasteiger partial charge in [0.1, 0.15) is 5.03 Å². The summed E-state index contributed by atoms with van der Waals surface area (Å²) in [6.07, 6.45) is 1.83.